The molecule has 0 unspecified atom stereocenters. The van der Waals surface area contributed by atoms with Crippen LogP contribution < -0.4 is 5.46 Å². The van der Waals surface area contributed by atoms with Gasteiger partial charge < -0.3 is 0 Å². The van der Waals surface area contributed by atoms with Gasteiger partial charge in [0.1, 0.15) is 7.85 Å². The Bertz CT molecular complexity index is 622. The molecule has 6 heteroatoms. The molecule has 86 valence electrons. The Morgan fingerprint density at radius 1 is 1.00 bits per heavy atom. The van der Waals surface area contributed by atoms with E-state index in [1.54, 1.807) is 18.3 Å². The van der Waals surface area contributed by atoms with Crippen LogP contribution in [0.2, 0.25) is 0 Å². The van der Waals surface area contributed by atoms with E-state index in [4.69, 9.17) is 0 Å². The summed E-state index contributed by atoms with van der Waals surface area (Å²) in [6.07, 6.45) is 4.27. The zero-order valence-electron chi connectivity index (χ0n) is 9.58. The second-order valence-corrected chi connectivity index (χ2v) is 5.89. The molecule has 0 N–H and O–H groups in total. The molecule has 2 heterocycles. The summed E-state index contributed by atoms with van der Waals surface area (Å²) in [4.78, 5) is 8.55. The van der Waals surface area contributed by atoms with Gasteiger partial charge in [-0.05, 0) is 18.2 Å². The molecule has 0 atom stereocenters. The number of aromatic nitrogens is 2. The van der Waals surface area contributed by atoms with Gasteiger partial charge in [0, 0.05) is 18.6 Å². The van der Waals surface area contributed by atoms with Crippen molar-refractivity contribution in [2.24, 2.45) is 0 Å². The third-order valence-corrected chi connectivity index (χ3v) is 3.44. The Morgan fingerprint density at radius 2 is 1.59 bits per heavy atom. The highest BCUT2D eigenvalue weighted by molar-refractivity contribution is 7.90. The van der Waals surface area contributed by atoms with Crippen molar-refractivity contribution in [1.29, 1.82) is 0 Å². The fraction of sp³-hybridized carbons (Fsp3) is 0.0909. The van der Waals surface area contributed by atoms with Gasteiger partial charge >= 0.3 is 0 Å². The zero-order valence-corrected chi connectivity index (χ0v) is 10.4. The Morgan fingerprint density at radius 3 is 2.00 bits per heavy atom. The predicted molar refractivity (Wildman–Crippen MR) is 68.8 cm³/mol. The van der Waals surface area contributed by atoms with Crippen LogP contribution in [0.3, 0.4) is 0 Å². The Labute approximate surface area is 101 Å². The largest absolute Gasteiger partial charge is 0.255 e. The molecule has 0 aliphatic heterocycles. The van der Waals surface area contributed by atoms with Crippen molar-refractivity contribution in [2.75, 3.05) is 6.26 Å². The van der Waals surface area contributed by atoms with Crippen molar-refractivity contribution in [3.05, 3.63) is 36.7 Å². The van der Waals surface area contributed by atoms with Crippen molar-refractivity contribution < 1.29 is 8.42 Å². The topological polar surface area (TPSA) is 59.9 Å². The van der Waals surface area contributed by atoms with Crippen molar-refractivity contribution in [3.63, 3.8) is 0 Å². The molecule has 0 radical (unpaired) electrons. The Hall–Kier alpha value is -1.69. The minimum absolute atomic E-state index is 0.216. The van der Waals surface area contributed by atoms with Crippen LogP contribution in [0.15, 0.2) is 41.6 Å². The molecule has 0 spiro atoms. The smallest absolute Gasteiger partial charge is 0.177 e. The predicted octanol–water partition coefficient (Wildman–Crippen LogP) is -0.195. The van der Waals surface area contributed by atoms with Crippen molar-refractivity contribution in [3.8, 4) is 11.4 Å². The number of nitrogens with zero attached hydrogens (tertiary/aromatic N) is 2. The van der Waals surface area contributed by atoms with Gasteiger partial charge in [-0.25, -0.2) is 8.42 Å². The normalized spacial score (nSPS) is 11.4. The van der Waals surface area contributed by atoms with Crippen LogP contribution >= 0.6 is 0 Å². The average Bonchev–Trinajstić information content (AvgIpc) is 2.29. The molecule has 2 aromatic heterocycles. The highest BCUT2D eigenvalue weighted by Crippen LogP contribution is 2.15. The molecular formula is C11H11BN2O2S. The SMILES string of the molecule is Bc1ccc(-c2ccc(S(C)(=O)=O)cn2)nc1. The third-order valence-electron chi connectivity index (χ3n) is 2.34. The average molecular weight is 246 g/mol. The number of hydrogen-bond donors (Lipinski definition) is 0. The van der Waals surface area contributed by atoms with Crippen LogP contribution in [0.25, 0.3) is 11.4 Å². The Kier molecular flexibility index (Phi) is 2.98. The van der Waals surface area contributed by atoms with Crippen LogP contribution in [0.1, 0.15) is 0 Å². The van der Waals surface area contributed by atoms with Crippen molar-refractivity contribution in [1.82, 2.24) is 9.97 Å². The molecule has 2 rings (SSSR count). The van der Waals surface area contributed by atoms with Gasteiger partial charge in [0.05, 0.1) is 16.3 Å². The lowest BCUT2D eigenvalue weighted by atomic mass is 9.98. The minimum atomic E-state index is -3.19. The maximum absolute atomic E-state index is 11.3. The molecule has 0 fully saturated rings. The van der Waals surface area contributed by atoms with E-state index < -0.39 is 9.84 Å². The fourth-order valence-corrected chi connectivity index (χ4v) is 1.93. The van der Waals surface area contributed by atoms with E-state index in [0.29, 0.717) is 5.69 Å². The first-order valence-corrected chi connectivity index (χ1v) is 6.95. The monoisotopic (exact) mass is 246 g/mol. The molecule has 0 bridgehead atoms. The summed E-state index contributed by atoms with van der Waals surface area (Å²) in [5.41, 5.74) is 2.47. The first-order chi connectivity index (χ1) is 7.97. The first kappa shape index (κ1) is 11.8. The van der Waals surface area contributed by atoms with Crippen LogP contribution in [0.5, 0.6) is 0 Å². The van der Waals surface area contributed by atoms with Crippen molar-refractivity contribution >= 4 is 23.1 Å². The molecule has 0 amide bonds. The first-order valence-electron chi connectivity index (χ1n) is 5.06. The van der Waals surface area contributed by atoms with Crippen LogP contribution in [-0.2, 0) is 9.84 Å². The zero-order chi connectivity index (χ0) is 12.5. The quantitative estimate of drug-likeness (QED) is 0.689. The van der Waals surface area contributed by atoms with Gasteiger partial charge in [0.25, 0.3) is 0 Å². The lowest BCUT2D eigenvalue weighted by molar-refractivity contribution is 0.601. The number of pyridine rings is 2. The van der Waals surface area contributed by atoms with Crippen LogP contribution in [0, 0.1) is 0 Å². The van der Waals surface area contributed by atoms with Gasteiger partial charge in [-0.3, -0.25) is 9.97 Å². The number of rotatable bonds is 2. The molecule has 0 aromatic carbocycles. The molecule has 0 aliphatic carbocycles. The minimum Gasteiger partial charge on any atom is -0.255 e. The van der Waals surface area contributed by atoms with E-state index in [9.17, 15) is 8.42 Å². The third kappa shape index (κ3) is 2.71. The molecule has 0 saturated carbocycles. The standard InChI is InChI=1S/C11H11BN2O2S/c1-17(15,16)9-3-5-11(14-7-9)10-4-2-8(12)6-13-10/h2-7H,12H2,1H3. The molecule has 2 aromatic rings. The summed E-state index contributed by atoms with van der Waals surface area (Å²) < 4.78 is 22.5. The molecule has 17 heavy (non-hydrogen) atoms. The van der Waals surface area contributed by atoms with E-state index in [0.717, 1.165) is 17.4 Å². The second kappa shape index (κ2) is 4.29. The number of sulfone groups is 1. The summed E-state index contributed by atoms with van der Waals surface area (Å²) in [5, 5.41) is 0. The summed E-state index contributed by atoms with van der Waals surface area (Å²) in [6.45, 7) is 0. The molecule has 4 nitrogen and oxygen atoms in total. The van der Waals surface area contributed by atoms with Gasteiger partial charge in [-0.15, -0.1) is 0 Å². The van der Waals surface area contributed by atoms with E-state index in [1.165, 1.54) is 6.20 Å². The summed E-state index contributed by atoms with van der Waals surface area (Å²) in [6, 6.07) is 7.00. The molecular weight excluding hydrogens is 235 g/mol. The number of hydrogen-bond acceptors (Lipinski definition) is 4. The van der Waals surface area contributed by atoms with E-state index in [-0.39, 0.29) is 4.90 Å². The lowest BCUT2D eigenvalue weighted by Crippen LogP contribution is -2.03. The fourth-order valence-electron chi connectivity index (χ4n) is 1.37. The van der Waals surface area contributed by atoms with E-state index in [1.807, 2.05) is 20.0 Å². The van der Waals surface area contributed by atoms with E-state index >= 15 is 0 Å². The maximum atomic E-state index is 11.3. The second-order valence-electron chi connectivity index (χ2n) is 3.87. The maximum Gasteiger partial charge on any atom is 0.177 e. The molecule has 0 saturated heterocycles. The van der Waals surface area contributed by atoms with Crippen molar-refractivity contribution in [2.45, 2.75) is 4.90 Å². The lowest BCUT2D eigenvalue weighted by Gasteiger charge is -2.02. The highest BCUT2D eigenvalue weighted by Gasteiger charge is 2.08. The Balaban J connectivity index is 2.39. The summed E-state index contributed by atoms with van der Waals surface area (Å²) >= 11 is 0. The highest BCUT2D eigenvalue weighted by atomic mass is 32.2. The molecule has 0 aliphatic rings. The summed E-state index contributed by atoms with van der Waals surface area (Å²) in [7, 11) is -1.24. The van der Waals surface area contributed by atoms with Crippen LogP contribution in [-0.4, -0.2) is 32.5 Å². The van der Waals surface area contributed by atoms with Gasteiger partial charge in [-0.2, -0.15) is 0 Å². The summed E-state index contributed by atoms with van der Waals surface area (Å²) in [5.74, 6) is 0. The van der Waals surface area contributed by atoms with Crippen LogP contribution in [0.4, 0.5) is 0 Å². The van der Waals surface area contributed by atoms with Gasteiger partial charge in [0.2, 0.25) is 0 Å². The van der Waals surface area contributed by atoms with E-state index in [2.05, 4.69) is 9.97 Å². The van der Waals surface area contributed by atoms with Gasteiger partial charge in [-0.1, -0.05) is 11.5 Å². The van der Waals surface area contributed by atoms with Gasteiger partial charge in [0.15, 0.2) is 9.84 Å².